The van der Waals surface area contributed by atoms with Crippen molar-refractivity contribution >= 4 is 5.91 Å². The van der Waals surface area contributed by atoms with Crippen LogP contribution >= 0.6 is 0 Å². The number of carbonyl (C=O) groups is 1. The number of unbranched alkanes of at least 4 members (excludes halogenated alkanes) is 1. The van der Waals surface area contributed by atoms with E-state index in [1.54, 1.807) is 6.92 Å². The summed E-state index contributed by atoms with van der Waals surface area (Å²) >= 11 is 0. The van der Waals surface area contributed by atoms with Gasteiger partial charge >= 0.3 is 0 Å². The summed E-state index contributed by atoms with van der Waals surface area (Å²) in [5.41, 5.74) is 0.479. The number of ether oxygens (including phenoxy) is 14. The molecular formula is C46H91NO15. The molecule has 370 valence electrons. The topological polar surface area (TPSA) is 158 Å². The van der Waals surface area contributed by atoms with Crippen LogP contribution < -0.4 is 5.32 Å². The fourth-order valence-corrected chi connectivity index (χ4v) is 5.16. The third-order valence-corrected chi connectivity index (χ3v) is 9.11. The molecule has 0 saturated carbocycles. The quantitative estimate of drug-likeness (QED) is 0.0606. The van der Waals surface area contributed by atoms with E-state index in [1.165, 1.54) is 19.3 Å². The van der Waals surface area contributed by atoms with Crippen LogP contribution in [-0.4, -0.2) is 194 Å². The van der Waals surface area contributed by atoms with Crippen molar-refractivity contribution in [2.75, 3.05) is 152 Å². The first kappa shape index (κ1) is 60.6. The lowest BCUT2D eigenvalue weighted by molar-refractivity contribution is -0.117. The molecule has 0 aliphatic carbocycles. The number of carbonyl (C=O) groups excluding carboxylic acids is 1. The number of rotatable bonds is 49. The predicted octanol–water partition coefficient (Wildman–Crippen LogP) is 5.46. The van der Waals surface area contributed by atoms with Gasteiger partial charge in [0, 0.05) is 18.7 Å². The molecule has 0 fully saturated rings. The highest BCUT2D eigenvalue weighted by Gasteiger charge is 2.15. The lowest BCUT2D eigenvalue weighted by Gasteiger charge is -2.23. The Labute approximate surface area is 376 Å². The minimum atomic E-state index is -0.165. The van der Waals surface area contributed by atoms with E-state index in [0.717, 1.165) is 13.0 Å². The number of hydrogen-bond acceptors (Lipinski definition) is 15. The lowest BCUT2D eigenvalue weighted by Crippen LogP contribution is -2.30. The van der Waals surface area contributed by atoms with Gasteiger partial charge in [-0.1, -0.05) is 39.7 Å². The summed E-state index contributed by atoms with van der Waals surface area (Å²) in [4.78, 5) is 11.3. The first-order valence-corrected chi connectivity index (χ1v) is 23.2. The summed E-state index contributed by atoms with van der Waals surface area (Å²) < 4.78 is 79.9. The molecule has 0 heterocycles. The molecule has 0 rings (SSSR count). The van der Waals surface area contributed by atoms with E-state index in [4.69, 9.17) is 66.3 Å². The van der Waals surface area contributed by atoms with Gasteiger partial charge in [-0.2, -0.15) is 0 Å². The minimum Gasteiger partial charge on any atom is -0.377 e. The van der Waals surface area contributed by atoms with Crippen LogP contribution in [0.2, 0.25) is 0 Å². The Morgan fingerprint density at radius 2 is 0.726 bits per heavy atom. The van der Waals surface area contributed by atoms with Gasteiger partial charge < -0.3 is 71.6 Å². The Morgan fingerprint density at radius 1 is 0.435 bits per heavy atom. The Balaban J connectivity index is 3.52. The van der Waals surface area contributed by atoms with Crippen molar-refractivity contribution in [1.29, 1.82) is 0 Å². The molecule has 0 aromatic carbocycles. The van der Waals surface area contributed by atoms with E-state index < -0.39 is 0 Å². The normalized spacial score (nSPS) is 15.2. The molecule has 0 aromatic rings. The van der Waals surface area contributed by atoms with E-state index in [-0.39, 0.29) is 42.5 Å². The monoisotopic (exact) mass is 898 g/mol. The van der Waals surface area contributed by atoms with Crippen molar-refractivity contribution in [1.82, 2.24) is 5.32 Å². The molecule has 0 radical (unpaired) electrons. The number of hydrogen-bond donors (Lipinski definition) is 1. The summed E-state index contributed by atoms with van der Waals surface area (Å²) in [6, 6.07) is 0. The molecule has 0 saturated heterocycles. The van der Waals surface area contributed by atoms with E-state index in [9.17, 15) is 4.79 Å². The standard InChI is InChI=1S/C46H91NO15/c1-11-13-14-45(12-2)37-62-44(10)36-61-43(9)35-60-42(8)34-59-41(7)33-58-40(6)32-57-39(5)31-56-30-29-55-28-27-54-26-25-53-24-23-52-22-21-51-20-19-50-18-17-49-16-15-47-46(48)38(3)4/h39-45H,3,11-37H2,1-2,4-10H3,(H,47,48). The molecule has 7 atom stereocenters. The fraction of sp³-hybridized carbons (Fsp3) is 0.935. The van der Waals surface area contributed by atoms with Crippen molar-refractivity contribution in [2.45, 2.75) is 125 Å². The average Bonchev–Trinajstić information content (AvgIpc) is 3.26. The summed E-state index contributed by atoms with van der Waals surface area (Å²) in [5.74, 6) is 0.465. The second-order valence-electron chi connectivity index (χ2n) is 15.7. The van der Waals surface area contributed by atoms with Crippen LogP contribution in [0.4, 0.5) is 0 Å². The van der Waals surface area contributed by atoms with E-state index in [1.807, 2.05) is 34.6 Å². The zero-order valence-corrected chi connectivity index (χ0v) is 40.5. The van der Waals surface area contributed by atoms with E-state index >= 15 is 0 Å². The molecule has 1 N–H and O–H groups in total. The lowest BCUT2D eigenvalue weighted by atomic mass is 10.0. The third kappa shape index (κ3) is 42.6. The minimum absolute atomic E-state index is 0.0205. The van der Waals surface area contributed by atoms with Gasteiger partial charge in [0.05, 0.1) is 175 Å². The Bertz CT molecular complexity index is 983. The molecule has 0 aromatic heterocycles. The van der Waals surface area contributed by atoms with Crippen molar-refractivity contribution in [2.24, 2.45) is 5.92 Å². The summed E-state index contributed by atoms with van der Waals surface area (Å²) in [5, 5.41) is 2.70. The fourth-order valence-electron chi connectivity index (χ4n) is 5.16. The van der Waals surface area contributed by atoms with Gasteiger partial charge in [0.1, 0.15) is 0 Å². The molecule has 0 aliphatic rings. The molecule has 1 amide bonds. The molecule has 0 bridgehead atoms. The maximum absolute atomic E-state index is 11.3. The van der Waals surface area contributed by atoms with E-state index in [2.05, 4.69) is 32.7 Å². The van der Waals surface area contributed by atoms with Crippen molar-refractivity contribution in [3.63, 3.8) is 0 Å². The smallest absolute Gasteiger partial charge is 0.246 e. The molecule has 7 unspecified atom stereocenters. The maximum Gasteiger partial charge on any atom is 0.246 e. The molecule has 0 spiro atoms. The molecular weight excluding hydrogens is 806 g/mol. The summed E-state index contributed by atoms with van der Waals surface area (Å²) in [6.07, 6.45) is 4.66. The van der Waals surface area contributed by atoms with Gasteiger partial charge in [-0.05, 0) is 60.8 Å². The van der Waals surface area contributed by atoms with Crippen LogP contribution in [-0.2, 0) is 71.1 Å². The highest BCUT2D eigenvalue weighted by molar-refractivity contribution is 5.92. The zero-order valence-electron chi connectivity index (χ0n) is 40.5. The van der Waals surface area contributed by atoms with Gasteiger partial charge in [0.25, 0.3) is 0 Å². The highest BCUT2D eigenvalue weighted by atomic mass is 16.6. The van der Waals surface area contributed by atoms with Gasteiger partial charge in [-0.15, -0.1) is 0 Å². The SMILES string of the molecule is C=C(C)C(=O)NCCOCCOCCOCCOCCOCCOCCOCCOCC(C)OCC(C)OCC(C)OCC(C)OCC(C)OCC(C)OCC(CC)CCCC. The summed E-state index contributed by atoms with van der Waals surface area (Å²) in [6.45, 7) is 33.2. The van der Waals surface area contributed by atoms with Crippen LogP contribution in [0.15, 0.2) is 12.2 Å². The van der Waals surface area contributed by atoms with Crippen LogP contribution in [0.1, 0.15) is 88.0 Å². The third-order valence-electron chi connectivity index (χ3n) is 9.11. The van der Waals surface area contributed by atoms with Crippen LogP contribution in [0, 0.1) is 5.92 Å². The Kier molecular flexibility index (Phi) is 43.9. The van der Waals surface area contributed by atoms with Gasteiger partial charge in [-0.3, -0.25) is 4.79 Å². The summed E-state index contributed by atoms with van der Waals surface area (Å²) in [7, 11) is 0. The first-order chi connectivity index (χ1) is 30.0. The molecule has 16 heteroatoms. The first-order valence-electron chi connectivity index (χ1n) is 23.2. The second kappa shape index (κ2) is 44.8. The predicted molar refractivity (Wildman–Crippen MR) is 240 cm³/mol. The maximum atomic E-state index is 11.3. The number of amides is 1. The van der Waals surface area contributed by atoms with Gasteiger partial charge in [-0.25, -0.2) is 0 Å². The van der Waals surface area contributed by atoms with Crippen LogP contribution in [0.25, 0.3) is 0 Å². The zero-order chi connectivity index (χ0) is 45.9. The molecule has 62 heavy (non-hydrogen) atoms. The average molecular weight is 898 g/mol. The van der Waals surface area contributed by atoms with Gasteiger partial charge in [0.15, 0.2) is 0 Å². The Morgan fingerprint density at radius 3 is 1.03 bits per heavy atom. The number of nitrogens with one attached hydrogen (secondary N) is 1. The van der Waals surface area contributed by atoms with Crippen molar-refractivity contribution in [3.8, 4) is 0 Å². The Hall–Kier alpha value is -1.35. The van der Waals surface area contributed by atoms with Crippen molar-refractivity contribution in [3.05, 3.63) is 12.2 Å². The van der Waals surface area contributed by atoms with Crippen molar-refractivity contribution < 1.29 is 71.1 Å². The highest BCUT2D eigenvalue weighted by Crippen LogP contribution is 2.14. The van der Waals surface area contributed by atoms with Gasteiger partial charge in [0.2, 0.25) is 5.91 Å². The molecule has 16 nitrogen and oxygen atoms in total. The largest absolute Gasteiger partial charge is 0.377 e. The second-order valence-corrected chi connectivity index (χ2v) is 15.7. The van der Waals surface area contributed by atoms with Crippen LogP contribution in [0.3, 0.4) is 0 Å². The molecule has 0 aliphatic heterocycles. The van der Waals surface area contributed by atoms with Crippen LogP contribution in [0.5, 0.6) is 0 Å². The van der Waals surface area contributed by atoms with E-state index in [0.29, 0.717) is 157 Å².